The SMILES string of the molecule is Cc1ccccc1SCC(=O)Nc1nnc(NS(C)(=O)=O)s1. The third-order valence-electron chi connectivity index (χ3n) is 2.40. The van der Waals surface area contributed by atoms with Gasteiger partial charge in [0.1, 0.15) is 0 Å². The lowest BCUT2D eigenvalue weighted by Crippen LogP contribution is -2.13. The van der Waals surface area contributed by atoms with Crippen molar-refractivity contribution in [1.82, 2.24) is 10.2 Å². The van der Waals surface area contributed by atoms with Gasteiger partial charge in [0, 0.05) is 4.90 Å². The van der Waals surface area contributed by atoms with Gasteiger partial charge in [-0.05, 0) is 18.6 Å². The second-order valence-electron chi connectivity index (χ2n) is 4.39. The number of carbonyl (C=O) groups is 1. The van der Waals surface area contributed by atoms with Gasteiger partial charge in [-0.3, -0.25) is 14.8 Å². The minimum absolute atomic E-state index is 0.115. The average molecular weight is 358 g/mol. The van der Waals surface area contributed by atoms with Crippen LogP contribution in [-0.2, 0) is 14.8 Å². The van der Waals surface area contributed by atoms with Gasteiger partial charge in [-0.15, -0.1) is 22.0 Å². The Bertz CT molecular complexity index is 773. The Balaban J connectivity index is 1.89. The molecule has 0 bridgehead atoms. The van der Waals surface area contributed by atoms with E-state index in [0.29, 0.717) is 0 Å². The molecule has 1 heterocycles. The number of aromatic nitrogens is 2. The molecule has 0 aliphatic carbocycles. The Hall–Kier alpha value is -1.65. The van der Waals surface area contributed by atoms with Crippen LogP contribution in [-0.4, -0.2) is 36.5 Å². The smallest absolute Gasteiger partial charge is 0.236 e. The van der Waals surface area contributed by atoms with E-state index in [4.69, 9.17) is 0 Å². The van der Waals surface area contributed by atoms with Gasteiger partial charge in [-0.1, -0.05) is 29.5 Å². The summed E-state index contributed by atoms with van der Waals surface area (Å²) in [6.07, 6.45) is 1.02. The molecule has 0 aliphatic heterocycles. The van der Waals surface area contributed by atoms with Crippen LogP contribution in [0.1, 0.15) is 5.56 Å². The summed E-state index contributed by atoms with van der Waals surface area (Å²) < 4.78 is 24.3. The van der Waals surface area contributed by atoms with Crippen LogP contribution >= 0.6 is 23.1 Å². The molecule has 0 radical (unpaired) electrons. The lowest BCUT2D eigenvalue weighted by Gasteiger charge is -2.04. The Morgan fingerprint density at radius 2 is 1.95 bits per heavy atom. The number of hydrogen-bond acceptors (Lipinski definition) is 7. The lowest BCUT2D eigenvalue weighted by molar-refractivity contribution is -0.113. The third-order valence-corrected chi connectivity index (χ3v) is 5.02. The molecule has 0 aliphatic rings. The number of nitrogens with zero attached hydrogens (tertiary/aromatic N) is 2. The van der Waals surface area contributed by atoms with E-state index in [2.05, 4.69) is 20.2 Å². The minimum atomic E-state index is -3.40. The van der Waals surface area contributed by atoms with Crippen molar-refractivity contribution >= 4 is 49.3 Å². The first-order valence-electron chi connectivity index (χ1n) is 6.13. The van der Waals surface area contributed by atoms with E-state index >= 15 is 0 Å². The van der Waals surface area contributed by atoms with Crippen molar-refractivity contribution in [2.75, 3.05) is 22.0 Å². The van der Waals surface area contributed by atoms with Gasteiger partial charge < -0.3 is 0 Å². The second-order valence-corrected chi connectivity index (χ2v) is 8.13. The van der Waals surface area contributed by atoms with Crippen LogP contribution in [0.5, 0.6) is 0 Å². The zero-order valence-corrected chi connectivity index (χ0v) is 14.3. The van der Waals surface area contributed by atoms with Crippen molar-refractivity contribution in [1.29, 1.82) is 0 Å². The van der Waals surface area contributed by atoms with Gasteiger partial charge in [0.2, 0.25) is 26.2 Å². The van der Waals surface area contributed by atoms with Crippen LogP contribution in [0.15, 0.2) is 29.2 Å². The standard InChI is InChI=1S/C12H14N4O3S3/c1-8-5-3-4-6-9(8)20-7-10(17)13-11-14-15-12(21-11)16-22(2,18)19/h3-6H,7H2,1-2H3,(H,15,16)(H,13,14,17). The van der Waals surface area contributed by atoms with Crippen LogP contribution in [0.3, 0.4) is 0 Å². The summed E-state index contributed by atoms with van der Waals surface area (Å²) in [6.45, 7) is 1.98. The molecule has 0 atom stereocenters. The van der Waals surface area contributed by atoms with E-state index in [1.54, 1.807) is 0 Å². The molecule has 0 unspecified atom stereocenters. The predicted molar refractivity (Wildman–Crippen MR) is 88.9 cm³/mol. The van der Waals surface area contributed by atoms with Gasteiger partial charge in [0.15, 0.2) is 0 Å². The quantitative estimate of drug-likeness (QED) is 0.766. The van der Waals surface area contributed by atoms with Crippen molar-refractivity contribution in [2.45, 2.75) is 11.8 Å². The molecule has 10 heteroatoms. The minimum Gasteiger partial charge on any atom is -0.300 e. The summed E-state index contributed by atoms with van der Waals surface area (Å²) in [6, 6.07) is 7.79. The predicted octanol–water partition coefficient (Wildman–Crippen LogP) is 1.95. The molecule has 0 fully saturated rings. The highest BCUT2D eigenvalue weighted by molar-refractivity contribution is 8.00. The molecule has 22 heavy (non-hydrogen) atoms. The number of anilines is 2. The molecule has 2 rings (SSSR count). The largest absolute Gasteiger partial charge is 0.300 e. The first kappa shape index (κ1) is 16.7. The first-order valence-corrected chi connectivity index (χ1v) is 9.82. The highest BCUT2D eigenvalue weighted by atomic mass is 32.2. The van der Waals surface area contributed by atoms with Crippen LogP contribution in [0.2, 0.25) is 0 Å². The molecule has 1 amide bonds. The van der Waals surface area contributed by atoms with Crippen LogP contribution in [0.25, 0.3) is 0 Å². The van der Waals surface area contributed by atoms with Crippen LogP contribution in [0, 0.1) is 6.92 Å². The first-order chi connectivity index (χ1) is 10.3. The molecule has 2 aromatic rings. The fourth-order valence-corrected chi connectivity index (χ4v) is 3.81. The number of hydrogen-bond donors (Lipinski definition) is 2. The van der Waals surface area contributed by atoms with Gasteiger partial charge in [0.05, 0.1) is 12.0 Å². The zero-order valence-electron chi connectivity index (χ0n) is 11.9. The summed E-state index contributed by atoms with van der Waals surface area (Å²) in [4.78, 5) is 12.9. The van der Waals surface area contributed by atoms with E-state index in [-0.39, 0.29) is 21.9 Å². The Kier molecular flexibility index (Phi) is 5.37. The molecule has 0 saturated heterocycles. The van der Waals surface area contributed by atoms with E-state index in [9.17, 15) is 13.2 Å². The van der Waals surface area contributed by atoms with Crippen molar-refractivity contribution in [2.24, 2.45) is 0 Å². The van der Waals surface area contributed by atoms with Gasteiger partial charge in [-0.2, -0.15) is 0 Å². The number of nitrogens with one attached hydrogen (secondary N) is 2. The van der Waals surface area contributed by atoms with Gasteiger partial charge in [-0.25, -0.2) is 8.42 Å². The van der Waals surface area contributed by atoms with E-state index in [1.165, 1.54) is 11.8 Å². The summed E-state index contributed by atoms with van der Waals surface area (Å²) in [7, 11) is -3.40. The zero-order chi connectivity index (χ0) is 16.2. The highest BCUT2D eigenvalue weighted by Crippen LogP contribution is 2.23. The molecule has 7 nitrogen and oxygen atoms in total. The van der Waals surface area contributed by atoms with Gasteiger partial charge in [0.25, 0.3) is 0 Å². The fraction of sp³-hybridized carbons (Fsp3) is 0.250. The number of rotatable bonds is 6. The van der Waals surface area contributed by atoms with E-state index in [0.717, 1.165) is 28.1 Å². The monoisotopic (exact) mass is 358 g/mol. The maximum atomic E-state index is 11.9. The highest BCUT2D eigenvalue weighted by Gasteiger charge is 2.11. The number of amides is 1. The summed E-state index contributed by atoms with van der Waals surface area (Å²) in [5, 5.41) is 10.3. The number of aryl methyl sites for hydroxylation is 1. The molecule has 1 aromatic carbocycles. The van der Waals surface area contributed by atoms with Crippen LogP contribution < -0.4 is 10.0 Å². The lowest BCUT2D eigenvalue weighted by atomic mass is 10.2. The maximum absolute atomic E-state index is 11.9. The number of benzene rings is 1. The topological polar surface area (TPSA) is 101 Å². The molecular formula is C12H14N4O3S3. The molecule has 2 N–H and O–H groups in total. The van der Waals surface area contributed by atoms with E-state index in [1.807, 2.05) is 31.2 Å². The second kappa shape index (κ2) is 7.07. The molecular weight excluding hydrogens is 344 g/mol. The summed E-state index contributed by atoms with van der Waals surface area (Å²) in [5.74, 6) is 0.00882. The van der Waals surface area contributed by atoms with Crippen LogP contribution in [0.4, 0.5) is 10.3 Å². The number of thioether (sulfide) groups is 1. The Labute approximate surface area is 136 Å². The van der Waals surface area contributed by atoms with Crippen molar-refractivity contribution < 1.29 is 13.2 Å². The van der Waals surface area contributed by atoms with Gasteiger partial charge >= 0.3 is 0 Å². The summed E-state index contributed by atoms with van der Waals surface area (Å²) >= 11 is 2.38. The molecule has 1 aromatic heterocycles. The molecule has 0 spiro atoms. The number of sulfonamides is 1. The third kappa shape index (κ3) is 5.28. The average Bonchev–Trinajstić information content (AvgIpc) is 2.82. The van der Waals surface area contributed by atoms with Crippen molar-refractivity contribution in [3.8, 4) is 0 Å². The van der Waals surface area contributed by atoms with Crippen molar-refractivity contribution in [3.63, 3.8) is 0 Å². The summed E-state index contributed by atoms with van der Waals surface area (Å²) in [5.41, 5.74) is 1.11. The normalized spacial score (nSPS) is 11.2. The Morgan fingerprint density at radius 3 is 2.64 bits per heavy atom. The Morgan fingerprint density at radius 1 is 1.27 bits per heavy atom. The van der Waals surface area contributed by atoms with E-state index < -0.39 is 10.0 Å². The molecule has 118 valence electrons. The maximum Gasteiger partial charge on any atom is 0.236 e. The molecule has 0 saturated carbocycles. The number of carbonyl (C=O) groups excluding carboxylic acids is 1. The van der Waals surface area contributed by atoms with Crippen molar-refractivity contribution in [3.05, 3.63) is 29.8 Å². The fourth-order valence-electron chi connectivity index (χ4n) is 1.49.